The lowest BCUT2D eigenvalue weighted by atomic mass is 9.81. The van der Waals surface area contributed by atoms with Crippen molar-refractivity contribution in [1.29, 1.82) is 0 Å². The quantitative estimate of drug-likeness (QED) is 0.747. The Balaban J connectivity index is 2.17. The van der Waals surface area contributed by atoms with Crippen molar-refractivity contribution in [3.8, 4) is 0 Å². The van der Waals surface area contributed by atoms with Gasteiger partial charge in [-0.15, -0.1) is 11.3 Å². The van der Waals surface area contributed by atoms with E-state index in [1.165, 1.54) is 16.9 Å². The Kier molecular flexibility index (Phi) is 4.05. The van der Waals surface area contributed by atoms with Gasteiger partial charge in [-0.3, -0.25) is 0 Å². The van der Waals surface area contributed by atoms with E-state index in [0.717, 1.165) is 30.2 Å². The van der Waals surface area contributed by atoms with Crippen molar-refractivity contribution in [2.45, 2.75) is 59.5 Å². The Morgan fingerprint density at radius 1 is 1.42 bits per heavy atom. The summed E-state index contributed by atoms with van der Waals surface area (Å²) >= 11 is 1.73. The van der Waals surface area contributed by atoms with Crippen LogP contribution >= 0.6 is 11.3 Å². The second-order valence-electron chi connectivity index (χ2n) is 6.80. The van der Waals surface area contributed by atoms with E-state index in [9.17, 15) is 4.79 Å². The summed E-state index contributed by atoms with van der Waals surface area (Å²) in [4.78, 5) is 13.6. The van der Waals surface area contributed by atoms with Crippen LogP contribution in [0.3, 0.4) is 0 Å². The number of rotatable bonds is 2. The summed E-state index contributed by atoms with van der Waals surface area (Å²) < 4.78 is 5.49. The molecule has 1 aliphatic carbocycles. The van der Waals surface area contributed by atoms with E-state index in [4.69, 9.17) is 4.74 Å². The summed E-state index contributed by atoms with van der Waals surface area (Å²) in [6.45, 7) is 10.3. The monoisotopic (exact) mass is 280 g/mol. The average molecular weight is 280 g/mol. The average Bonchev–Trinajstić information content (AvgIpc) is 2.68. The van der Waals surface area contributed by atoms with Crippen LogP contribution in [0, 0.1) is 11.8 Å². The predicted octanol–water partition coefficient (Wildman–Crippen LogP) is 4.46. The molecular formula is C16H24O2S. The molecule has 1 unspecified atom stereocenters. The summed E-state index contributed by atoms with van der Waals surface area (Å²) in [5, 5.41) is 1.99. The van der Waals surface area contributed by atoms with Gasteiger partial charge in [-0.05, 0) is 57.4 Å². The lowest BCUT2D eigenvalue weighted by molar-refractivity contribution is 0.00686. The van der Waals surface area contributed by atoms with Crippen molar-refractivity contribution in [2.75, 3.05) is 0 Å². The second-order valence-corrected chi connectivity index (χ2v) is 7.76. The van der Waals surface area contributed by atoms with E-state index in [-0.39, 0.29) is 5.97 Å². The zero-order chi connectivity index (χ0) is 14.2. The molecule has 0 fully saturated rings. The molecule has 0 amide bonds. The molecular weight excluding hydrogens is 256 g/mol. The molecule has 1 heterocycles. The summed E-state index contributed by atoms with van der Waals surface area (Å²) in [6.07, 6.45) is 3.34. The van der Waals surface area contributed by atoms with Crippen LogP contribution in [0.1, 0.15) is 61.8 Å². The molecule has 0 N–H and O–H groups in total. The number of carbonyl (C=O) groups excluding carboxylic acids is 1. The summed E-state index contributed by atoms with van der Waals surface area (Å²) in [5.41, 5.74) is 1.63. The van der Waals surface area contributed by atoms with Crippen LogP contribution in [0.2, 0.25) is 0 Å². The van der Waals surface area contributed by atoms with Gasteiger partial charge in [0.2, 0.25) is 0 Å². The molecule has 1 atom stereocenters. The van der Waals surface area contributed by atoms with Gasteiger partial charge in [-0.2, -0.15) is 0 Å². The zero-order valence-corrected chi connectivity index (χ0v) is 13.4. The fourth-order valence-corrected chi connectivity index (χ4v) is 3.77. The summed E-state index contributed by atoms with van der Waals surface area (Å²) in [5.74, 6) is 1.32. The van der Waals surface area contributed by atoms with Crippen LogP contribution in [0.5, 0.6) is 0 Å². The first-order valence-corrected chi connectivity index (χ1v) is 7.98. The van der Waals surface area contributed by atoms with E-state index in [2.05, 4.69) is 13.8 Å². The van der Waals surface area contributed by atoms with E-state index < -0.39 is 5.60 Å². The molecule has 0 saturated heterocycles. The van der Waals surface area contributed by atoms with Crippen molar-refractivity contribution in [3.05, 3.63) is 21.4 Å². The van der Waals surface area contributed by atoms with Crippen LogP contribution in [0.25, 0.3) is 0 Å². The maximum Gasteiger partial charge on any atom is 0.339 e. The molecule has 1 aromatic rings. The summed E-state index contributed by atoms with van der Waals surface area (Å²) in [7, 11) is 0. The van der Waals surface area contributed by atoms with Crippen LogP contribution in [-0.2, 0) is 17.6 Å². The van der Waals surface area contributed by atoms with Crippen molar-refractivity contribution < 1.29 is 9.53 Å². The third-order valence-corrected chi connectivity index (χ3v) is 4.81. The SMILES string of the molecule is CC(C)C1CCc2c(C(=O)OC(C)(C)C)csc2C1. The highest BCUT2D eigenvalue weighted by Crippen LogP contribution is 2.36. The lowest BCUT2D eigenvalue weighted by Crippen LogP contribution is -2.25. The fraction of sp³-hybridized carbons (Fsp3) is 0.688. The van der Waals surface area contributed by atoms with Crippen molar-refractivity contribution >= 4 is 17.3 Å². The Bertz CT molecular complexity index is 466. The predicted molar refractivity (Wildman–Crippen MR) is 79.8 cm³/mol. The lowest BCUT2D eigenvalue weighted by Gasteiger charge is -2.26. The molecule has 3 heteroatoms. The molecule has 106 valence electrons. The van der Waals surface area contributed by atoms with Gasteiger partial charge in [0.25, 0.3) is 0 Å². The maximum atomic E-state index is 12.2. The number of esters is 1. The number of fused-ring (bicyclic) bond motifs is 1. The Labute approximate surface area is 120 Å². The molecule has 1 aliphatic rings. The molecule has 1 aromatic heterocycles. The van der Waals surface area contributed by atoms with E-state index in [0.29, 0.717) is 0 Å². The molecule has 19 heavy (non-hydrogen) atoms. The number of carbonyl (C=O) groups is 1. The number of hydrogen-bond acceptors (Lipinski definition) is 3. The normalized spacial score (nSPS) is 19.4. The first-order valence-electron chi connectivity index (χ1n) is 7.10. The Hall–Kier alpha value is -0.830. The number of thiophene rings is 1. The zero-order valence-electron chi connectivity index (χ0n) is 12.6. The minimum Gasteiger partial charge on any atom is -0.456 e. The molecule has 0 aromatic carbocycles. The summed E-state index contributed by atoms with van der Waals surface area (Å²) in [6, 6.07) is 0. The second kappa shape index (κ2) is 5.28. The number of ether oxygens (including phenoxy) is 1. The first kappa shape index (κ1) is 14.6. The smallest absolute Gasteiger partial charge is 0.339 e. The van der Waals surface area contributed by atoms with Gasteiger partial charge in [-0.1, -0.05) is 13.8 Å². The molecule has 2 rings (SSSR count). The van der Waals surface area contributed by atoms with Gasteiger partial charge in [0.1, 0.15) is 5.60 Å². The number of hydrogen-bond donors (Lipinski definition) is 0. The molecule has 2 nitrogen and oxygen atoms in total. The van der Waals surface area contributed by atoms with Crippen LogP contribution in [-0.4, -0.2) is 11.6 Å². The minimum absolute atomic E-state index is 0.159. The third-order valence-electron chi connectivity index (χ3n) is 3.76. The van der Waals surface area contributed by atoms with Gasteiger partial charge in [0.15, 0.2) is 0 Å². The molecule has 0 spiro atoms. The highest BCUT2D eigenvalue weighted by molar-refractivity contribution is 7.10. The van der Waals surface area contributed by atoms with E-state index >= 15 is 0 Å². The van der Waals surface area contributed by atoms with Gasteiger partial charge in [0, 0.05) is 10.3 Å². The highest BCUT2D eigenvalue weighted by atomic mass is 32.1. The van der Waals surface area contributed by atoms with Crippen LogP contribution in [0.4, 0.5) is 0 Å². The maximum absolute atomic E-state index is 12.2. The van der Waals surface area contributed by atoms with Gasteiger partial charge in [-0.25, -0.2) is 4.79 Å². The molecule has 0 aliphatic heterocycles. The molecule has 0 radical (unpaired) electrons. The fourth-order valence-electron chi connectivity index (χ4n) is 2.61. The van der Waals surface area contributed by atoms with E-state index in [1.54, 1.807) is 11.3 Å². The minimum atomic E-state index is -0.416. The van der Waals surface area contributed by atoms with E-state index in [1.807, 2.05) is 26.2 Å². The van der Waals surface area contributed by atoms with Crippen molar-refractivity contribution in [3.63, 3.8) is 0 Å². The highest BCUT2D eigenvalue weighted by Gasteiger charge is 2.28. The standard InChI is InChI=1S/C16H24O2S/c1-10(2)11-6-7-12-13(9-19-14(12)8-11)15(17)18-16(3,4)5/h9-11H,6-8H2,1-5H3. The first-order chi connectivity index (χ1) is 8.78. The largest absolute Gasteiger partial charge is 0.456 e. The van der Waals surface area contributed by atoms with Gasteiger partial charge >= 0.3 is 5.97 Å². The Morgan fingerprint density at radius 3 is 2.68 bits per heavy atom. The third kappa shape index (κ3) is 3.38. The van der Waals surface area contributed by atoms with Crippen molar-refractivity contribution in [2.24, 2.45) is 11.8 Å². The Morgan fingerprint density at radius 2 is 2.11 bits per heavy atom. The van der Waals surface area contributed by atoms with Gasteiger partial charge < -0.3 is 4.74 Å². The topological polar surface area (TPSA) is 26.3 Å². The van der Waals surface area contributed by atoms with Crippen molar-refractivity contribution in [1.82, 2.24) is 0 Å². The van der Waals surface area contributed by atoms with Crippen LogP contribution in [0.15, 0.2) is 5.38 Å². The van der Waals surface area contributed by atoms with Crippen LogP contribution < -0.4 is 0 Å². The molecule has 0 bridgehead atoms. The molecule has 0 saturated carbocycles. The van der Waals surface area contributed by atoms with Gasteiger partial charge in [0.05, 0.1) is 5.56 Å².